The maximum absolute atomic E-state index is 12.0. The third-order valence-corrected chi connectivity index (χ3v) is 5.99. The Hall–Kier alpha value is -0.970. The Morgan fingerprint density at radius 2 is 2.20 bits per heavy atom. The second kappa shape index (κ2) is 6.20. The zero-order valence-corrected chi connectivity index (χ0v) is 12.9. The normalized spacial score (nSPS) is 28.1. The van der Waals surface area contributed by atoms with E-state index in [9.17, 15) is 4.21 Å². The van der Waals surface area contributed by atoms with Crippen molar-refractivity contribution in [3.8, 4) is 0 Å². The van der Waals surface area contributed by atoms with E-state index in [4.69, 9.17) is 0 Å². The lowest BCUT2D eigenvalue weighted by atomic mass is 9.95. The van der Waals surface area contributed by atoms with Crippen LogP contribution >= 0.6 is 0 Å². The number of hydrogen-bond acceptors (Lipinski definition) is 4. The van der Waals surface area contributed by atoms with Gasteiger partial charge in [-0.05, 0) is 38.2 Å². The molecule has 1 heterocycles. The quantitative estimate of drug-likeness (QED) is 0.907. The Morgan fingerprint density at radius 3 is 2.95 bits per heavy atom. The van der Waals surface area contributed by atoms with Crippen molar-refractivity contribution in [1.29, 1.82) is 0 Å². The highest BCUT2D eigenvalue weighted by molar-refractivity contribution is 7.85. The van der Waals surface area contributed by atoms with Gasteiger partial charge in [0.05, 0.1) is 0 Å². The zero-order valence-electron chi connectivity index (χ0n) is 12.0. The van der Waals surface area contributed by atoms with Crippen LogP contribution in [0.3, 0.4) is 0 Å². The van der Waals surface area contributed by atoms with Gasteiger partial charge in [-0.2, -0.15) is 0 Å². The highest BCUT2D eigenvalue weighted by Crippen LogP contribution is 2.38. The second-order valence-corrected chi connectivity index (χ2v) is 7.88. The van der Waals surface area contributed by atoms with Gasteiger partial charge < -0.3 is 5.32 Å². The molecule has 0 amide bonds. The Labute approximate surface area is 123 Å². The van der Waals surface area contributed by atoms with E-state index in [1.807, 2.05) is 19.2 Å². The van der Waals surface area contributed by atoms with Crippen LogP contribution in [0.1, 0.15) is 57.2 Å². The Bertz CT molecular complexity index is 490. The fraction of sp³-hybridized carbons (Fsp3) is 0.733. The molecule has 1 aromatic rings. The van der Waals surface area contributed by atoms with E-state index in [0.29, 0.717) is 17.2 Å². The van der Waals surface area contributed by atoms with Gasteiger partial charge in [0.2, 0.25) is 0 Å². The monoisotopic (exact) mass is 293 g/mol. The molecular formula is C15H23N3OS. The van der Waals surface area contributed by atoms with E-state index in [-0.39, 0.29) is 0 Å². The zero-order chi connectivity index (χ0) is 13.9. The van der Waals surface area contributed by atoms with Crippen LogP contribution in [0.4, 0.5) is 5.82 Å². The van der Waals surface area contributed by atoms with Crippen molar-refractivity contribution in [2.75, 3.05) is 11.1 Å². The Balaban J connectivity index is 1.62. The van der Waals surface area contributed by atoms with Crippen LogP contribution in [-0.2, 0) is 10.8 Å². The Morgan fingerprint density at radius 1 is 1.35 bits per heavy atom. The van der Waals surface area contributed by atoms with Crippen molar-refractivity contribution < 1.29 is 4.21 Å². The molecule has 0 saturated heterocycles. The highest BCUT2D eigenvalue weighted by atomic mass is 32.2. The smallest absolute Gasteiger partial charge is 0.133 e. The average Bonchev–Trinajstić information content (AvgIpc) is 3.32. The second-order valence-electron chi connectivity index (χ2n) is 5.87. The van der Waals surface area contributed by atoms with E-state index in [2.05, 4.69) is 15.3 Å². The number of rotatable bonds is 5. The van der Waals surface area contributed by atoms with E-state index in [0.717, 1.165) is 43.1 Å². The van der Waals surface area contributed by atoms with E-state index >= 15 is 0 Å². The lowest BCUT2D eigenvalue weighted by molar-refractivity contribution is 0.464. The summed E-state index contributed by atoms with van der Waals surface area (Å²) in [6, 6.07) is 2.36. The van der Waals surface area contributed by atoms with Crippen LogP contribution in [-0.4, -0.2) is 31.2 Å². The molecular weight excluding hydrogens is 270 g/mol. The number of nitrogens with zero attached hydrogens (tertiary/aromatic N) is 2. The first-order valence-corrected chi connectivity index (χ1v) is 9.11. The highest BCUT2D eigenvalue weighted by Gasteiger charge is 2.28. The van der Waals surface area contributed by atoms with Crippen molar-refractivity contribution in [1.82, 2.24) is 9.97 Å². The van der Waals surface area contributed by atoms with Crippen LogP contribution in [0, 0.1) is 0 Å². The molecule has 2 aliphatic carbocycles. The summed E-state index contributed by atoms with van der Waals surface area (Å²) in [5, 5.41) is 3.88. The minimum atomic E-state index is -0.667. The van der Waals surface area contributed by atoms with Gasteiger partial charge in [0.15, 0.2) is 0 Å². The van der Waals surface area contributed by atoms with Gasteiger partial charge in [0.25, 0.3) is 0 Å². The predicted molar refractivity (Wildman–Crippen MR) is 82.4 cm³/mol. The summed E-state index contributed by atoms with van der Waals surface area (Å²) in [5.74, 6) is 3.29. The summed E-state index contributed by atoms with van der Waals surface area (Å²) in [7, 11) is -0.667. The fourth-order valence-corrected chi connectivity index (χ4v) is 4.30. The van der Waals surface area contributed by atoms with Gasteiger partial charge in [-0.1, -0.05) is 13.3 Å². The van der Waals surface area contributed by atoms with Crippen molar-refractivity contribution in [2.45, 2.75) is 62.7 Å². The van der Waals surface area contributed by atoms with E-state index in [1.165, 1.54) is 12.8 Å². The molecule has 0 aromatic carbocycles. The minimum Gasteiger partial charge on any atom is -0.367 e. The number of anilines is 1. The summed E-state index contributed by atoms with van der Waals surface area (Å²) in [6.07, 6.45) is 8.73. The number of nitrogens with one attached hydrogen (secondary N) is 1. The molecule has 0 spiro atoms. The molecule has 4 nitrogen and oxygen atoms in total. The molecule has 2 aliphatic rings. The largest absolute Gasteiger partial charge is 0.367 e. The predicted octanol–water partition coefficient (Wildman–Crippen LogP) is 2.85. The molecule has 1 N–H and O–H groups in total. The van der Waals surface area contributed by atoms with Crippen LogP contribution < -0.4 is 5.32 Å². The van der Waals surface area contributed by atoms with Gasteiger partial charge in [0, 0.05) is 40.0 Å². The Kier molecular flexibility index (Phi) is 4.34. The van der Waals surface area contributed by atoms with Gasteiger partial charge in [-0.3, -0.25) is 4.21 Å². The molecule has 3 rings (SSSR count). The molecule has 3 unspecified atom stereocenters. The van der Waals surface area contributed by atoms with Crippen molar-refractivity contribution >= 4 is 16.6 Å². The van der Waals surface area contributed by atoms with Gasteiger partial charge in [-0.15, -0.1) is 0 Å². The summed E-state index contributed by atoms with van der Waals surface area (Å²) in [4.78, 5) is 8.97. The average molecular weight is 293 g/mol. The number of aromatic nitrogens is 2. The maximum atomic E-state index is 12.0. The van der Waals surface area contributed by atoms with Crippen LogP contribution in [0.15, 0.2) is 12.3 Å². The molecule has 1 aromatic heterocycles. The summed E-state index contributed by atoms with van der Waals surface area (Å²) >= 11 is 0. The number of hydrogen-bond donors (Lipinski definition) is 1. The van der Waals surface area contributed by atoms with Gasteiger partial charge >= 0.3 is 0 Å². The van der Waals surface area contributed by atoms with E-state index < -0.39 is 10.8 Å². The molecule has 20 heavy (non-hydrogen) atoms. The first-order chi connectivity index (χ1) is 9.76. The lowest BCUT2D eigenvalue weighted by Gasteiger charge is -2.29. The summed E-state index contributed by atoms with van der Waals surface area (Å²) < 4.78 is 12.0. The molecule has 0 bridgehead atoms. The van der Waals surface area contributed by atoms with Crippen LogP contribution in [0.5, 0.6) is 0 Å². The lowest BCUT2D eigenvalue weighted by Crippen LogP contribution is -2.33. The summed E-state index contributed by atoms with van der Waals surface area (Å²) in [6.45, 7) is 2.01. The van der Waals surface area contributed by atoms with Crippen LogP contribution in [0.2, 0.25) is 0 Å². The third kappa shape index (κ3) is 3.37. The molecule has 5 heteroatoms. The summed E-state index contributed by atoms with van der Waals surface area (Å²) in [5.41, 5.74) is 0. The standard InChI is InChI=1S/C15H23N3OS/c1-2-20(19)13-5-3-4-12(10-13)17-14-8-9-16-15(18-14)11-6-7-11/h8-9,11-13H,2-7,10H2,1H3,(H,16,17,18). The molecule has 2 saturated carbocycles. The fourth-order valence-electron chi connectivity index (χ4n) is 2.95. The van der Waals surface area contributed by atoms with E-state index in [1.54, 1.807) is 0 Å². The van der Waals surface area contributed by atoms with Crippen molar-refractivity contribution in [3.63, 3.8) is 0 Å². The maximum Gasteiger partial charge on any atom is 0.133 e. The third-order valence-electron chi connectivity index (χ3n) is 4.25. The van der Waals surface area contributed by atoms with Gasteiger partial charge in [-0.25, -0.2) is 9.97 Å². The molecule has 0 radical (unpaired) electrons. The molecule has 110 valence electrons. The van der Waals surface area contributed by atoms with Crippen molar-refractivity contribution in [2.24, 2.45) is 0 Å². The molecule has 3 atom stereocenters. The van der Waals surface area contributed by atoms with Crippen LogP contribution in [0.25, 0.3) is 0 Å². The van der Waals surface area contributed by atoms with Crippen molar-refractivity contribution in [3.05, 3.63) is 18.1 Å². The minimum absolute atomic E-state index is 0.357. The first-order valence-electron chi connectivity index (χ1n) is 7.73. The molecule has 0 aliphatic heterocycles. The first kappa shape index (κ1) is 14.0. The van der Waals surface area contributed by atoms with Gasteiger partial charge in [0.1, 0.15) is 11.6 Å². The topological polar surface area (TPSA) is 54.9 Å². The molecule has 2 fully saturated rings. The SMILES string of the molecule is CCS(=O)C1CCCC(Nc2ccnc(C3CC3)n2)C1.